The Kier molecular flexibility index (Phi) is 5.33. The van der Waals surface area contributed by atoms with Crippen molar-refractivity contribution in [3.05, 3.63) is 52.0 Å². The van der Waals surface area contributed by atoms with Gasteiger partial charge in [0.15, 0.2) is 0 Å². The first-order valence-corrected chi connectivity index (χ1v) is 11.0. The zero-order valence-corrected chi connectivity index (χ0v) is 16.9. The number of nitrogens with two attached hydrogens (primary N) is 1. The number of carbonyl (C=O) groups is 1. The molecular formula is C22H29N3OS. The van der Waals surface area contributed by atoms with Crippen molar-refractivity contribution >= 4 is 17.2 Å². The van der Waals surface area contributed by atoms with E-state index >= 15 is 0 Å². The van der Waals surface area contributed by atoms with Gasteiger partial charge in [0.2, 0.25) is 5.91 Å². The number of amides is 1. The van der Waals surface area contributed by atoms with Crippen molar-refractivity contribution in [1.29, 1.82) is 0 Å². The maximum Gasteiger partial charge on any atom is 0.225 e. The average Bonchev–Trinajstić information content (AvgIpc) is 3.16. The van der Waals surface area contributed by atoms with Crippen LogP contribution in [0.2, 0.25) is 0 Å². The highest BCUT2D eigenvalue weighted by atomic mass is 32.1. The van der Waals surface area contributed by atoms with Gasteiger partial charge in [-0.2, -0.15) is 0 Å². The van der Waals surface area contributed by atoms with Crippen LogP contribution in [0.4, 0.5) is 0 Å². The van der Waals surface area contributed by atoms with Crippen LogP contribution >= 0.6 is 11.3 Å². The monoisotopic (exact) mass is 383 g/mol. The van der Waals surface area contributed by atoms with Gasteiger partial charge in [-0.1, -0.05) is 30.3 Å². The Morgan fingerprint density at radius 1 is 1.15 bits per heavy atom. The molecule has 5 heteroatoms. The Morgan fingerprint density at radius 3 is 2.41 bits per heavy atom. The van der Waals surface area contributed by atoms with Crippen LogP contribution in [0.5, 0.6) is 0 Å². The predicted octanol–water partition coefficient (Wildman–Crippen LogP) is 3.88. The molecule has 2 heterocycles. The van der Waals surface area contributed by atoms with Gasteiger partial charge in [0.05, 0.1) is 10.7 Å². The highest BCUT2D eigenvalue weighted by Crippen LogP contribution is 2.42. The summed E-state index contributed by atoms with van der Waals surface area (Å²) in [6.07, 6.45) is 5.75. The smallest absolute Gasteiger partial charge is 0.225 e. The standard InChI is InChI=1S/C22H29N3OS/c1-16-24-20(15-27-16)22(18-5-3-2-4-6-18)11-13-25(14-12-22)21(26)17-7-9-19(23)10-8-17/h2-6,15,17,19H,7-14,23H2,1H3. The number of hydrogen-bond acceptors (Lipinski definition) is 4. The van der Waals surface area contributed by atoms with Crippen molar-refractivity contribution in [2.45, 2.75) is 56.9 Å². The van der Waals surface area contributed by atoms with Gasteiger partial charge < -0.3 is 10.6 Å². The summed E-state index contributed by atoms with van der Waals surface area (Å²) in [5, 5.41) is 3.32. The predicted molar refractivity (Wildman–Crippen MR) is 110 cm³/mol. The summed E-state index contributed by atoms with van der Waals surface area (Å²) < 4.78 is 0. The molecule has 1 aromatic carbocycles. The van der Waals surface area contributed by atoms with Gasteiger partial charge in [-0.15, -0.1) is 11.3 Å². The van der Waals surface area contributed by atoms with E-state index in [0.717, 1.165) is 56.6 Å². The number of aromatic nitrogens is 1. The number of carbonyl (C=O) groups excluding carboxylic acids is 1. The van der Waals surface area contributed by atoms with Crippen molar-refractivity contribution < 1.29 is 4.79 Å². The Hall–Kier alpha value is -1.72. The van der Waals surface area contributed by atoms with Crippen molar-refractivity contribution in [3.63, 3.8) is 0 Å². The molecule has 1 amide bonds. The lowest BCUT2D eigenvalue weighted by Gasteiger charge is -2.42. The number of likely N-dealkylation sites (tertiary alicyclic amines) is 1. The maximum atomic E-state index is 13.0. The van der Waals surface area contributed by atoms with Gasteiger partial charge in [-0.25, -0.2) is 4.98 Å². The largest absolute Gasteiger partial charge is 0.342 e. The number of thiazole rings is 1. The van der Waals surface area contributed by atoms with Crippen LogP contribution in [-0.4, -0.2) is 34.9 Å². The zero-order chi connectivity index (χ0) is 18.9. The summed E-state index contributed by atoms with van der Waals surface area (Å²) >= 11 is 1.72. The molecule has 0 radical (unpaired) electrons. The third kappa shape index (κ3) is 3.67. The lowest BCUT2D eigenvalue weighted by molar-refractivity contribution is -0.138. The number of aryl methyl sites for hydroxylation is 1. The third-order valence-corrected chi connectivity index (χ3v) is 7.26. The van der Waals surface area contributed by atoms with Gasteiger partial charge in [-0.3, -0.25) is 4.79 Å². The van der Waals surface area contributed by atoms with E-state index in [0.29, 0.717) is 5.91 Å². The van der Waals surface area contributed by atoms with E-state index in [1.807, 2.05) is 0 Å². The number of rotatable bonds is 3. The van der Waals surface area contributed by atoms with E-state index < -0.39 is 0 Å². The van der Waals surface area contributed by atoms with Gasteiger partial charge in [0.25, 0.3) is 0 Å². The molecule has 0 atom stereocenters. The quantitative estimate of drug-likeness (QED) is 0.875. The third-order valence-electron chi connectivity index (χ3n) is 6.49. The SMILES string of the molecule is Cc1nc(C2(c3ccccc3)CCN(C(=O)C3CCC(N)CC3)CC2)cs1. The first-order chi connectivity index (χ1) is 13.1. The first kappa shape index (κ1) is 18.6. The molecule has 1 saturated carbocycles. The summed E-state index contributed by atoms with van der Waals surface area (Å²) in [5.74, 6) is 0.522. The van der Waals surface area contributed by atoms with Gasteiger partial charge in [0, 0.05) is 35.8 Å². The second kappa shape index (κ2) is 7.72. The van der Waals surface area contributed by atoms with Gasteiger partial charge in [0.1, 0.15) is 0 Å². The second-order valence-electron chi connectivity index (χ2n) is 8.14. The minimum Gasteiger partial charge on any atom is -0.342 e. The summed E-state index contributed by atoms with van der Waals surface area (Å²) in [6, 6.07) is 11.0. The van der Waals surface area contributed by atoms with E-state index in [-0.39, 0.29) is 17.4 Å². The highest BCUT2D eigenvalue weighted by Gasteiger charge is 2.41. The van der Waals surface area contributed by atoms with Crippen LogP contribution in [0.15, 0.2) is 35.7 Å². The van der Waals surface area contributed by atoms with Crippen molar-refractivity contribution in [3.8, 4) is 0 Å². The Balaban J connectivity index is 1.52. The minimum absolute atomic E-state index is 0.0717. The number of piperidine rings is 1. The Morgan fingerprint density at radius 2 is 1.81 bits per heavy atom. The molecule has 2 fully saturated rings. The number of nitrogens with zero attached hydrogens (tertiary/aromatic N) is 2. The van der Waals surface area contributed by atoms with Crippen molar-refractivity contribution in [1.82, 2.24) is 9.88 Å². The first-order valence-electron chi connectivity index (χ1n) is 10.1. The van der Waals surface area contributed by atoms with E-state index in [1.54, 1.807) is 11.3 Å². The minimum atomic E-state index is -0.0717. The molecule has 4 rings (SSSR count). The molecule has 1 saturated heterocycles. The molecule has 27 heavy (non-hydrogen) atoms. The van der Waals surface area contributed by atoms with Crippen LogP contribution in [0.1, 0.15) is 54.8 Å². The summed E-state index contributed by atoms with van der Waals surface area (Å²) in [7, 11) is 0. The Labute approximate surface area is 165 Å². The number of hydrogen-bond donors (Lipinski definition) is 1. The molecule has 2 aliphatic rings. The van der Waals surface area contributed by atoms with Gasteiger partial charge in [-0.05, 0) is 51.0 Å². The molecule has 0 bridgehead atoms. The normalized spacial score (nSPS) is 25.3. The lowest BCUT2D eigenvalue weighted by atomic mass is 9.70. The van der Waals surface area contributed by atoms with Gasteiger partial charge >= 0.3 is 0 Å². The average molecular weight is 384 g/mol. The van der Waals surface area contributed by atoms with Crippen LogP contribution in [0.3, 0.4) is 0 Å². The lowest BCUT2D eigenvalue weighted by Crippen LogP contribution is -2.48. The molecule has 1 aliphatic carbocycles. The molecule has 2 N–H and O–H groups in total. The van der Waals surface area contributed by atoms with Crippen molar-refractivity contribution in [2.24, 2.45) is 11.7 Å². The Bertz CT molecular complexity index is 772. The summed E-state index contributed by atoms with van der Waals surface area (Å²) in [5.41, 5.74) is 8.44. The summed E-state index contributed by atoms with van der Waals surface area (Å²) in [4.78, 5) is 20.0. The zero-order valence-electron chi connectivity index (χ0n) is 16.1. The summed E-state index contributed by atoms with van der Waals surface area (Å²) in [6.45, 7) is 3.69. The fourth-order valence-corrected chi connectivity index (χ4v) is 5.48. The molecule has 1 aliphatic heterocycles. The van der Waals surface area contributed by atoms with E-state index in [1.165, 1.54) is 11.3 Å². The van der Waals surface area contributed by atoms with E-state index in [4.69, 9.17) is 10.7 Å². The molecule has 2 aromatic rings. The van der Waals surface area contributed by atoms with E-state index in [2.05, 4.69) is 47.5 Å². The molecule has 1 aromatic heterocycles. The molecule has 4 nitrogen and oxygen atoms in total. The van der Waals surface area contributed by atoms with E-state index in [9.17, 15) is 4.79 Å². The molecule has 0 spiro atoms. The number of benzene rings is 1. The fraction of sp³-hybridized carbons (Fsp3) is 0.545. The maximum absolute atomic E-state index is 13.0. The molecular weight excluding hydrogens is 354 g/mol. The van der Waals surface area contributed by atoms with Crippen molar-refractivity contribution in [2.75, 3.05) is 13.1 Å². The molecule has 144 valence electrons. The topological polar surface area (TPSA) is 59.2 Å². The van der Waals surface area contributed by atoms with Crippen LogP contribution in [-0.2, 0) is 10.2 Å². The fourth-order valence-electron chi connectivity index (χ4n) is 4.77. The van der Waals surface area contributed by atoms with Crippen LogP contribution < -0.4 is 5.73 Å². The van der Waals surface area contributed by atoms with Crippen LogP contribution in [0.25, 0.3) is 0 Å². The highest BCUT2D eigenvalue weighted by molar-refractivity contribution is 7.09. The molecule has 0 unspecified atom stereocenters. The van der Waals surface area contributed by atoms with Crippen LogP contribution in [0, 0.1) is 12.8 Å². The second-order valence-corrected chi connectivity index (χ2v) is 9.20.